The van der Waals surface area contributed by atoms with Crippen molar-refractivity contribution in [1.29, 1.82) is 0 Å². The summed E-state index contributed by atoms with van der Waals surface area (Å²) in [7, 11) is 1.96. The maximum atomic E-state index is 6.20. The van der Waals surface area contributed by atoms with E-state index in [1.807, 2.05) is 19.2 Å². The number of benzene rings is 1. The number of aryl methyl sites for hydroxylation is 1. The number of fused-ring (bicyclic) bond motifs is 1. The van der Waals surface area contributed by atoms with Gasteiger partial charge in [-0.1, -0.05) is 29.8 Å². The lowest BCUT2D eigenvalue weighted by Gasteiger charge is -2.18. The Morgan fingerprint density at radius 1 is 1.43 bits per heavy atom. The smallest absolute Gasteiger partial charge is 0.0484 e. The van der Waals surface area contributed by atoms with Gasteiger partial charge in [0.15, 0.2) is 0 Å². The summed E-state index contributed by atoms with van der Waals surface area (Å²) >= 11 is 6.20. The molecule has 0 spiro atoms. The van der Waals surface area contributed by atoms with Crippen LogP contribution in [0.2, 0.25) is 5.02 Å². The van der Waals surface area contributed by atoms with Crippen LogP contribution in [-0.4, -0.2) is 13.6 Å². The normalized spacial score (nSPS) is 14.9. The second-order valence-corrected chi connectivity index (χ2v) is 3.98. The van der Waals surface area contributed by atoms with Crippen LogP contribution >= 0.6 is 11.6 Å². The van der Waals surface area contributed by atoms with Crippen molar-refractivity contribution in [3.63, 3.8) is 0 Å². The van der Waals surface area contributed by atoms with Crippen molar-refractivity contribution in [3.05, 3.63) is 40.4 Å². The molecule has 1 aromatic rings. The van der Waals surface area contributed by atoms with Crippen LogP contribution in [0.1, 0.15) is 17.5 Å². The summed E-state index contributed by atoms with van der Waals surface area (Å²) in [6.45, 7) is 0.900. The Hall–Kier alpha value is -0.790. The second-order valence-electron chi connectivity index (χ2n) is 3.57. The molecule has 14 heavy (non-hydrogen) atoms. The quantitative estimate of drug-likeness (QED) is 0.787. The minimum absolute atomic E-state index is 0.878. The summed E-state index contributed by atoms with van der Waals surface area (Å²) in [6, 6.07) is 6.17. The van der Waals surface area contributed by atoms with Crippen LogP contribution in [0.15, 0.2) is 24.3 Å². The highest BCUT2D eigenvalue weighted by molar-refractivity contribution is 6.32. The molecule has 1 aliphatic carbocycles. The Bertz CT molecular complexity index is 369. The van der Waals surface area contributed by atoms with Gasteiger partial charge in [0.25, 0.3) is 0 Å². The Morgan fingerprint density at radius 2 is 2.29 bits per heavy atom. The first-order valence-corrected chi connectivity index (χ1v) is 5.32. The maximum absolute atomic E-state index is 6.20. The third kappa shape index (κ3) is 1.70. The molecule has 74 valence electrons. The Kier molecular flexibility index (Phi) is 2.90. The lowest BCUT2D eigenvalue weighted by molar-refractivity contribution is 0.901. The number of nitrogens with one attached hydrogen (secondary N) is 1. The monoisotopic (exact) mass is 207 g/mol. The van der Waals surface area contributed by atoms with Crippen molar-refractivity contribution in [3.8, 4) is 0 Å². The molecule has 0 bridgehead atoms. The number of likely N-dealkylation sites (N-methyl/N-ethyl adjacent to an activating group) is 1. The number of allylic oxidation sites excluding steroid dienone is 1. The fraction of sp³-hybridized carbons (Fsp3) is 0.333. The molecule has 1 aliphatic rings. The van der Waals surface area contributed by atoms with Crippen LogP contribution in [-0.2, 0) is 6.42 Å². The molecule has 2 heteroatoms. The number of hydrogen-bond donors (Lipinski definition) is 1. The van der Waals surface area contributed by atoms with Crippen molar-refractivity contribution >= 4 is 17.2 Å². The van der Waals surface area contributed by atoms with Gasteiger partial charge in [0.1, 0.15) is 0 Å². The van der Waals surface area contributed by atoms with Crippen LogP contribution in [0.4, 0.5) is 0 Å². The van der Waals surface area contributed by atoms with Crippen LogP contribution in [0.3, 0.4) is 0 Å². The zero-order valence-corrected chi connectivity index (χ0v) is 9.06. The van der Waals surface area contributed by atoms with Gasteiger partial charge in [-0.2, -0.15) is 0 Å². The molecule has 1 aromatic carbocycles. The van der Waals surface area contributed by atoms with Crippen molar-refractivity contribution < 1.29 is 0 Å². The Balaban J connectivity index is 2.45. The van der Waals surface area contributed by atoms with Gasteiger partial charge in [-0.3, -0.25) is 0 Å². The SMILES string of the molecule is CNCC1=CCCc2cccc(Cl)c21. The minimum atomic E-state index is 0.878. The average Bonchev–Trinajstić information content (AvgIpc) is 2.19. The van der Waals surface area contributed by atoms with Crippen molar-refractivity contribution in [1.82, 2.24) is 5.32 Å². The molecule has 1 N–H and O–H groups in total. The molecule has 0 radical (unpaired) electrons. The first-order chi connectivity index (χ1) is 6.83. The molecule has 0 fully saturated rings. The molecule has 0 aromatic heterocycles. The summed E-state index contributed by atoms with van der Waals surface area (Å²) in [6.07, 6.45) is 4.53. The van der Waals surface area contributed by atoms with E-state index in [2.05, 4.69) is 17.5 Å². The van der Waals surface area contributed by atoms with E-state index in [9.17, 15) is 0 Å². The third-order valence-electron chi connectivity index (χ3n) is 2.59. The summed E-state index contributed by atoms with van der Waals surface area (Å²) in [5, 5.41) is 4.06. The van der Waals surface area contributed by atoms with E-state index in [0.29, 0.717) is 0 Å². The van der Waals surface area contributed by atoms with Gasteiger partial charge in [-0.05, 0) is 37.1 Å². The van der Waals surface area contributed by atoms with Crippen LogP contribution < -0.4 is 5.32 Å². The highest BCUT2D eigenvalue weighted by atomic mass is 35.5. The number of halogens is 1. The fourth-order valence-corrected chi connectivity index (χ4v) is 2.31. The summed E-state index contributed by atoms with van der Waals surface area (Å²) < 4.78 is 0. The van der Waals surface area contributed by atoms with Gasteiger partial charge in [0, 0.05) is 17.1 Å². The van der Waals surface area contributed by atoms with E-state index in [1.165, 1.54) is 16.7 Å². The minimum Gasteiger partial charge on any atom is -0.316 e. The number of hydrogen-bond acceptors (Lipinski definition) is 1. The molecular weight excluding hydrogens is 194 g/mol. The standard InChI is InChI=1S/C12H14ClN/c1-14-8-10-6-2-4-9-5-3-7-11(13)12(9)10/h3,5-7,14H,2,4,8H2,1H3. The Labute approximate surface area is 89.8 Å². The zero-order chi connectivity index (χ0) is 9.97. The predicted molar refractivity (Wildman–Crippen MR) is 61.7 cm³/mol. The van der Waals surface area contributed by atoms with Gasteiger partial charge in [-0.15, -0.1) is 0 Å². The first kappa shape index (κ1) is 9.75. The highest BCUT2D eigenvalue weighted by Gasteiger charge is 2.14. The first-order valence-electron chi connectivity index (χ1n) is 4.94. The van der Waals surface area contributed by atoms with Crippen LogP contribution in [0.5, 0.6) is 0 Å². The summed E-state index contributed by atoms with van der Waals surface area (Å²) in [5.74, 6) is 0. The lowest BCUT2D eigenvalue weighted by atomic mass is 9.91. The molecular formula is C12H14ClN. The van der Waals surface area contributed by atoms with Gasteiger partial charge in [0.05, 0.1) is 0 Å². The predicted octanol–water partition coefficient (Wildman–Crippen LogP) is 2.89. The van der Waals surface area contributed by atoms with Gasteiger partial charge in [-0.25, -0.2) is 0 Å². The van der Waals surface area contributed by atoms with E-state index in [4.69, 9.17) is 11.6 Å². The largest absolute Gasteiger partial charge is 0.316 e. The zero-order valence-electron chi connectivity index (χ0n) is 8.31. The molecule has 0 heterocycles. The third-order valence-corrected chi connectivity index (χ3v) is 2.91. The molecule has 0 atom stereocenters. The number of rotatable bonds is 2. The van der Waals surface area contributed by atoms with Crippen molar-refractivity contribution in [2.24, 2.45) is 0 Å². The average molecular weight is 208 g/mol. The maximum Gasteiger partial charge on any atom is 0.0484 e. The van der Waals surface area contributed by atoms with Crippen LogP contribution in [0, 0.1) is 0 Å². The van der Waals surface area contributed by atoms with E-state index in [-0.39, 0.29) is 0 Å². The molecule has 1 nitrogen and oxygen atoms in total. The molecule has 0 aliphatic heterocycles. The summed E-state index contributed by atoms with van der Waals surface area (Å²) in [4.78, 5) is 0. The van der Waals surface area contributed by atoms with E-state index >= 15 is 0 Å². The fourth-order valence-electron chi connectivity index (χ4n) is 1.99. The van der Waals surface area contributed by atoms with Gasteiger partial charge in [0.2, 0.25) is 0 Å². The highest BCUT2D eigenvalue weighted by Crippen LogP contribution is 2.31. The molecule has 0 amide bonds. The molecule has 0 saturated heterocycles. The van der Waals surface area contributed by atoms with E-state index < -0.39 is 0 Å². The topological polar surface area (TPSA) is 12.0 Å². The molecule has 2 rings (SSSR count). The van der Waals surface area contributed by atoms with Crippen LogP contribution in [0.25, 0.3) is 5.57 Å². The van der Waals surface area contributed by atoms with E-state index in [1.54, 1.807) is 0 Å². The van der Waals surface area contributed by atoms with Gasteiger partial charge < -0.3 is 5.32 Å². The van der Waals surface area contributed by atoms with Gasteiger partial charge >= 0.3 is 0 Å². The van der Waals surface area contributed by atoms with E-state index in [0.717, 1.165) is 24.4 Å². The lowest BCUT2D eigenvalue weighted by Crippen LogP contribution is -2.13. The molecule has 0 saturated carbocycles. The Morgan fingerprint density at radius 3 is 3.07 bits per heavy atom. The summed E-state index contributed by atoms with van der Waals surface area (Å²) in [5.41, 5.74) is 3.96. The second kappa shape index (κ2) is 4.16. The van der Waals surface area contributed by atoms with Crippen molar-refractivity contribution in [2.45, 2.75) is 12.8 Å². The van der Waals surface area contributed by atoms with Crippen molar-refractivity contribution in [2.75, 3.05) is 13.6 Å². The molecule has 0 unspecified atom stereocenters.